The lowest BCUT2D eigenvalue weighted by atomic mass is 9.89. The minimum absolute atomic E-state index is 0.0261. The Labute approximate surface area is 369 Å². The van der Waals surface area contributed by atoms with Gasteiger partial charge in [-0.1, -0.05) is 19.1 Å². The number of carbonyl (C=O) groups is 4. The molecule has 0 bridgehead atoms. The summed E-state index contributed by atoms with van der Waals surface area (Å²) in [6.45, 7) is 9.61. The third kappa shape index (κ3) is 10.1. The lowest BCUT2D eigenvalue weighted by Crippen LogP contribution is -2.51. The maximum absolute atomic E-state index is 15.6. The fourth-order valence-electron chi connectivity index (χ4n) is 8.01. The highest BCUT2D eigenvalue weighted by Gasteiger charge is 2.30. The van der Waals surface area contributed by atoms with Gasteiger partial charge in [-0.2, -0.15) is 12.7 Å². The highest BCUT2D eigenvalue weighted by Crippen LogP contribution is 2.31. The number of amides is 4. The number of fused-ring (bicyclic) bond motifs is 1. The minimum atomic E-state index is -4.16. The summed E-state index contributed by atoms with van der Waals surface area (Å²) in [7, 11) is -2.87. The van der Waals surface area contributed by atoms with Gasteiger partial charge >= 0.3 is 16.2 Å². The molecule has 4 amide bonds. The highest BCUT2D eigenvalue weighted by atomic mass is 32.2. The molecule has 0 saturated carbocycles. The van der Waals surface area contributed by atoms with Gasteiger partial charge in [0.05, 0.1) is 11.3 Å². The van der Waals surface area contributed by atoms with Crippen LogP contribution in [-0.4, -0.2) is 121 Å². The molecule has 20 heteroatoms. The molecule has 4 aromatic rings. The quantitative estimate of drug-likeness (QED) is 0.0535. The number of benzene rings is 2. The van der Waals surface area contributed by atoms with Crippen LogP contribution in [0.4, 0.5) is 25.0 Å². The van der Waals surface area contributed by atoms with Crippen molar-refractivity contribution in [2.24, 2.45) is 9.98 Å². The molecule has 17 nitrogen and oxygen atoms in total. The van der Waals surface area contributed by atoms with E-state index in [1.807, 2.05) is 21.9 Å². The number of hydrogen-bond donors (Lipinski definition) is 5. The predicted octanol–water partition coefficient (Wildman–Crippen LogP) is 5.37. The summed E-state index contributed by atoms with van der Waals surface area (Å²) < 4.78 is 58.8. The lowest BCUT2D eigenvalue weighted by molar-refractivity contribution is -0.133. The van der Waals surface area contributed by atoms with E-state index >= 15 is 8.78 Å². The van der Waals surface area contributed by atoms with Crippen molar-refractivity contribution in [2.45, 2.75) is 70.4 Å². The molecule has 7 rings (SSSR count). The molecule has 5 N–H and O–H groups in total. The van der Waals surface area contributed by atoms with Crippen molar-refractivity contribution >= 4 is 74.5 Å². The Kier molecular flexibility index (Phi) is 13.8. The third-order valence-electron chi connectivity index (χ3n) is 12.0. The van der Waals surface area contributed by atoms with Crippen LogP contribution in [-0.2, 0) is 19.8 Å². The monoisotopic (exact) mass is 899 g/mol. The predicted molar refractivity (Wildman–Crippen MR) is 240 cm³/mol. The van der Waals surface area contributed by atoms with Crippen LogP contribution in [0.15, 0.2) is 71.0 Å². The van der Waals surface area contributed by atoms with Gasteiger partial charge in [-0.3, -0.25) is 24.4 Å². The van der Waals surface area contributed by atoms with Crippen LogP contribution in [0.25, 0.3) is 16.6 Å². The zero-order chi connectivity index (χ0) is 45.7. The molecule has 5 heterocycles. The molecule has 2 aromatic heterocycles. The summed E-state index contributed by atoms with van der Waals surface area (Å²) in [6.07, 6.45) is 8.24. The molecule has 2 aromatic carbocycles. The van der Waals surface area contributed by atoms with E-state index in [-0.39, 0.29) is 41.4 Å². The number of hydrogen-bond acceptors (Lipinski definition) is 9. The topological polar surface area (TPSA) is 214 Å². The van der Waals surface area contributed by atoms with Crippen LogP contribution in [0, 0.1) is 11.6 Å². The van der Waals surface area contributed by atoms with Crippen molar-refractivity contribution in [1.82, 2.24) is 34.7 Å². The number of likely N-dealkylation sites (tertiary alicyclic amines) is 2. The Morgan fingerprint density at radius 2 is 1.72 bits per heavy atom. The normalized spacial score (nSPS) is 18.3. The molecule has 3 fully saturated rings. The van der Waals surface area contributed by atoms with Gasteiger partial charge in [-0.05, 0) is 98.7 Å². The maximum Gasteiger partial charge on any atom is 0.317 e. The van der Waals surface area contributed by atoms with E-state index in [0.29, 0.717) is 80.5 Å². The molecule has 0 aliphatic carbocycles. The summed E-state index contributed by atoms with van der Waals surface area (Å²) in [4.78, 5) is 70.3. The van der Waals surface area contributed by atoms with E-state index in [1.54, 1.807) is 32.3 Å². The van der Waals surface area contributed by atoms with Crippen molar-refractivity contribution in [3.63, 3.8) is 0 Å². The van der Waals surface area contributed by atoms with Crippen LogP contribution < -0.4 is 20.7 Å². The molecule has 3 aliphatic rings. The zero-order valence-corrected chi connectivity index (χ0v) is 36.6. The van der Waals surface area contributed by atoms with Gasteiger partial charge < -0.3 is 25.4 Å². The Morgan fingerprint density at radius 1 is 1.02 bits per heavy atom. The maximum atomic E-state index is 15.6. The number of guanidine groups is 1. The first-order valence-electron chi connectivity index (χ1n) is 21.1. The van der Waals surface area contributed by atoms with E-state index < -0.39 is 44.9 Å². The van der Waals surface area contributed by atoms with Gasteiger partial charge in [0.15, 0.2) is 5.82 Å². The SMILES string of the molecule is C=N/C(=N\C=C(/C)c1cnc2[nH]cc(C(=O)c3c(F)ccc(NS(=O)(=O)N(C)CC)c3F)c2c1)N1CCC(NC(=O)N2CCC(c3ccc(NC4CCC(=O)NC4=O)cc3)CC2)CC1. The number of piperidine rings is 3. The second kappa shape index (κ2) is 19.5. The van der Waals surface area contributed by atoms with Crippen LogP contribution in [0.2, 0.25) is 0 Å². The number of aromatic amines is 1. The Balaban J connectivity index is 0.919. The van der Waals surface area contributed by atoms with Crippen molar-refractivity contribution in [3.05, 3.63) is 94.9 Å². The van der Waals surface area contributed by atoms with Crippen molar-refractivity contribution < 1.29 is 36.4 Å². The summed E-state index contributed by atoms with van der Waals surface area (Å²) in [5, 5.41) is 9.06. The Bertz CT molecular complexity index is 2620. The van der Waals surface area contributed by atoms with E-state index in [9.17, 15) is 27.6 Å². The summed E-state index contributed by atoms with van der Waals surface area (Å²) >= 11 is 0. The first-order chi connectivity index (χ1) is 30.6. The van der Waals surface area contributed by atoms with E-state index in [2.05, 4.69) is 59.5 Å². The molecule has 64 heavy (non-hydrogen) atoms. The molecule has 1 atom stereocenters. The van der Waals surface area contributed by atoms with Crippen LogP contribution >= 0.6 is 0 Å². The van der Waals surface area contributed by atoms with E-state index in [0.717, 1.165) is 35.0 Å². The Morgan fingerprint density at radius 3 is 2.39 bits per heavy atom. The summed E-state index contributed by atoms with van der Waals surface area (Å²) in [5.74, 6) is -3.37. The molecule has 0 radical (unpaired) electrons. The average Bonchev–Trinajstić information content (AvgIpc) is 3.72. The van der Waals surface area contributed by atoms with Crippen molar-refractivity contribution in [2.75, 3.05) is 49.8 Å². The van der Waals surface area contributed by atoms with Crippen molar-refractivity contribution in [3.8, 4) is 0 Å². The average molecular weight is 900 g/mol. The number of pyridine rings is 1. The number of allylic oxidation sites excluding steroid dienone is 1. The summed E-state index contributed by atoms with van der Waals surface area (Å²) in [5.41, 5.74) is 1.95. The molecular formula is C44H51F2N11O6S. The number of aliphatic imine (C=N–C) groups is 2. The number of H-pyrrole nitrogens is 1. The molecular weight excluding hydrogens is 849 g/mol. The number of urea groups is 1. The smallest absolute Gasteiger partial charge is 0.317 e. The van der Waals surface area contributed by atoms with Crippen LogP contribution in [0.1, 0.15) is 85.3 Å². The van der Waals surface area contributed by atoms with Gasteiger partial charge in [0, 0.05) is 87.5 Å². The number of imide groups is 1. The second-order valence-electron chi connectivity index (χ2n) is 16.1. The second-order valence-corrected chi connectivity index (χ2v) is 17.9. The van der Waals surface area contributed by atoms with Crippen LogP contribution in [0.3, 0.4) is 0 Å². The summed E-state index contributed by atoms with van der Waals surface area (Å²) in [6, 6.07) is 10.9. The molecule has 1 unspecified atom stereocenters. The first kappa shape index (κ1) is 45.5. The van der Waals surface area contributed by atoms with E-state index in [1.165, 1.54) is 18.8 Å². The number of ketones is 1. The number of halogens is 2. The van der Waals surface area contributed by atoms with E-state index in [4.69, 9.17) is 0 Å². The van der Waals surface area contributed by atoms with Gasteiger partial charge in [-0.25, -0.2) is 28.5 Å². The zero-order valence-electron chi connectivity index (χ0n) is 35.8. The molecule has 3 aliphatic heterocycles. The molecule has 338 valence electrons. The van der Waals surface area contributed by atoms with Gasteiger partial charge in [0.2, 0.25) is 23.6 Å². The number of aromatic nitrogens is 2. The fourth-order valence-corrected chi connectivity index (χ4v) is 8.94. The highest BCUT2D eigenvalue weighted by molar-refractivity contribution is 7.90. The molecule has 3 saturated heterocycles. The van der Waals surface area contributed by atoms with Crippen molar-refractivity contribution in [1.29, 1.82) is 0 Å². The lowest BCUT2D eigenvalue weighted by Gasteiger charge is -2.36. The van der Waals surface area contributed by atoms with Gasteiger partial charge in [0.1, 0.15) is 17.5 Å². The largest absolute Gasteiger partial charge is 0.374 e. The number of anilines is 2. The minimum Gasteiger partial charge on any atom is -0.374 e. The standard InChI is InChI=1S/C44H51F2N11O6S/c1-5-55(4)64(62,63)54-35-11-10-34(45)38(39(35)46)40(59)33-25-49-41-32(33)22-29(24-48-41)26(2)23-50-43(47-3)56-20-16-31(17-21-56)52-44(61)57-18-14-28(15-19-57)27-6-8-30(9-7-27)51-36-12-13-37(58)53-42(36)60/h6-11,22-25,28,31,36,51,54H,3,5,12-21H2,1-2,4H3,(H,48,49)(H,52,61)(H,53,58,60)/b26-23+,50-43+. The van der Waals surface area contributed by atoms with Crippen LogP contribution in [0.5, 0.6) is 0 Å². The van der Waals surface area contributed by atoms with Gasteiger partial charge in [-0.15, -0.1) is 0 Å². The number of nitrogens with one attached hydrogen (secondary N) is 5. The molecule has 0 spiro atoms. The third-order valence-corrected chi connectivity index (χ3v) is 13.6. The number of nitrogens with zero attached hydrogens (tertiary/aromatic N) is 6. The van der Waals surface area contributed by atoms with Gasteiger partial charge in [0.25, 0.3) is 0 Å². The first-order valence-corrected chi connectivity index (χ1v) is 22.6. The number of rotatable bonds is 12. The number of carbonyl (C=O) groups excluding carboxylic acids is 4. The Hall–Kier alpha value is -6.54. The fraction of sp³-hybridized carbons (Fsp3) is 0.386.